The van der Waals surface area contributed by atoms with E-state index in [-0.39, 0.29) is 12.5 Å². The topological polar surface area (TPSA) is 61.4 Å². The molecule has 1 heterocycles. The average molecular weight is 295 g/mol. The van der Waals surface area contributed by atoms with E-state index >= 15 is 0 Å². The number of nitrogens with zero attached hydrogens (tertiary/aromatic N) is 1. The quantitative estimate of drug-likeness (QED) is 0.756. The van der Waals surface area contributed by atoms with Crippen molar-refractivity contribution in [2.75, 3.05) is 19.6 Å². The lowest BCUT2D eigenvalue weighted by atomic mass is 10.3. The SMILES string of the molecule is C=C(C)CN(CC)CC(=O)NC(=O)NCc1cccs1. The molecule has 6 heteroatoms. The van der Waals surface area contributed by atoms with Crippen LogP contribution in [-0.4, -0.2) is 36.5 Å². The third kappa shape index (κ3) is 6.49. The monoisotopic (exact) mass is 295 g/mol. The van der Waals surface area contributed by atoms with E-state index in [1.54, 1.807) is 11.3 Å². The van der Waals surface area contributed by atoms with Gasteiger partial charge in [-0.15, -0.1) is 11.3 Å². The highest BCUT2D eigenvalue weighted by atomic mass is 32.1. The molecule has 0 aliphatic heterocycles. The first-order valence-corrected chi connectivity index (χ1v) is 7.36. The molecule has 0 spiro atoms. The van der Waals surface area contributed by atoms with Crippen molar-refractivity contribution in [2.45, 2.75) is 20.4 Å². The molecule has 1 aromatic rings. The third-order valence-corrected chi connectivity index (χ3v) is 3.44. The van der Waals surface area contributed by atoms with Crippen LogP contribution in [0.5, 0.6) is 0 Å². The van der Waals surface area contributed by atoms with E-state index in [4.69, 9.17) is 0 Å². The molecule has 2 N–H and O–H groups in total. The van der Waals surface area contributed by atoms with E-state index in [0.29, 0.717) is 13.1 Å². The Morgan fingerprint density at radius 3 is 2.70 bits per heavy atom. The van der Waals surface area contributed by atoms with Gasteiger partial charge in [0.05, 0.1) is 13.1 Å². The standard InChI is InChI=1S/C14H21N3O2S/c1-4-17(9-11(2)3)10-13(18)16-14(19)15-8-12-6-5-7-20-12/h5-7H,2,4,8-10H2,1,3H3,(H2,15,16,18,19). The van der Waals surface area contributed by atoms with Gasteiger partial charge < -0.3 is 5.32 Å². The Bertz CT molecular complexity index is 457. The molecule has 0 radical (unpaired) electrons. The van der Waals surface area contributed by atoms with Crippen LogP contribution in [0, 0.1) is 0 Å². The Morgan fingerprint density at radius 1 is 1.40 bits per heavy atom. The maximum absolute atomic E-state index is 11.7. The van der Waals surface area contributed by atoms with Gasteiger partial charge in [-0.3, -0.25) is 15.0 Å². The zero-order valence-electron chi connectivity index (χ0n) is 11.9. The molecular formula is C14H21N3O2S. The summed E-state index contributed by atoms with van der Waals surface area (Å²) < 4.78 is 0. The summed E-state index contributed by atoms with van der Waals surface area (Å²) in [6.45, 7) is 9.70. The van der Waals surface area contributed by atoms with Crippen LogP contribution in [0.25, 0.3) is 0 Å². The third-order valence-electron chi connectivity index (χ3n) is 2.56. The smallest absolute Gasteiger partial charge is 0.321 e. The number of nitrogens with one attached hydrogen (secondary N) is 2. The van der Waals surface area contributed by atoms with Gasteiger partial charge in [0.2, 0.25) is 5.91 Å². The van der Waals surface area contributed by atoms with Crippen molar-refractivity contribution in [2.24, 2.45) is 0 Å². The molecule has 0 aliphatic rings. The molecule has 0 atom stereocenters. The Balaban J connectivity index is 2.29. The van der Waals surface area contributed by atoms with Crippen molar-refractivity contribution in [3.8, 4) is 0 Å². The molecule has 3 amide bonds. The van der Waals surface area contributed by atoms with Crippen LogP contribution < -0.4 is 10.6 Å². The van der Waals surface area contributed by atoms with E-state index in [0.717, 1.165) is 17.0 Å². The second-order valence-electron chi connectivity index (χ2n) is 4.57. The Labute approximate surface area is 123 Å². The Hall–Kier alpha value is -1.66. The van der Waals surface area contributed by atoms with Gasteiger partial charge in [-0.25, -0.2) is 4.79 Å². The Morgan fingerprint density at radius 2 is 2.15 bits per heavy atom. The second-order valence-corrected chi connectivity index (χ2v) is 5.60. The van der Waals surface area contributed by atoms with Crippen LogP contribution in [0.3, 0.4) is 0 Å². The van der Waals surface area contributed by atoms with Crippen LogP contribution in [0.1, 0.15) is 18.7 Å². The number of thiophene rings is 1. The molecule has 0 aromatic carbocycles. The molecule has 20 heavy (non-hydrogen) atoms. The first-order chi connectivity index (χ1) is 9.51. The highest BCUT2D eigenvalue weighted by Gasteiger charge is 2.12. The minimum absolute atomic E-state index is 0.190. The number of carbonyl (C=O) groups excluding carboxylic acids is 2. The van der Waals surface area contributed by atoms with Crippen molar-refractivity contribution in [1.82, 2.24) is 15.5 Å². The lowest BCUT2D eigenvalue weighted by Crippen LogP contribution is -2.44. The van der Waals surface area contributed by atoms with Gasteiger partial charge in [0.1, 0.15) is 0 Å². The van der Waals surface area contributed by atoms with Crippen LogP contribution in [0.2, 0.25) is 0 Å². The van der Waals surface area contributed by atoms with Gasteiger partial charge in [-0.2, -0.15) is 0 Å². The predicted octanol–water partition coefficient (Wildman–Crippen LogP) is 1.97. The van der Waals surface area contributed by atoms with E-state index in [2.05, 4.69) is 17.2 Å². The maximum atomic E-state index is 11.7. The summed E-state index contributed by atoms with van der Waals surface area (Å²) in [5.41, 5.74) is 0.988. The van der Waals surface area contributed by atoms with Gasteiger partial charge in [0.15, 0.2) is 0 Å². The van der Waals surface area contributed by atoms with Crippen molar-refractivity contribution in [1.29, 1.82) is 0 Å². The largest absolute Gasteiger partial charge is 0.333 e. The molecule has 0 saturated heterocycles. The fourth-order valence-corrected chi connectivity index (χ4v) is 2.30. The van der Waals surface area contributed by atoms with Gasteiger partial charge in [-0.05, 0) is 24.9 Å². The van der Waals surface area contributed by atoms with Crippen molar-refractivity contribution < 1.29 is 9.59 Å². The van der Waals surface area contributed by atoms with Crippen molar-refractivity contribution >= 4 is 23.3 Å². The number of rotatable bonds is 7. The minimum atomic E-state index is -0.463. The van der Waals surface area contributed by atoms with Gasteiger partial charge >= 0.3 is 6.03 Å². The van der Waals surface area contributed by atoms with Crippen molar-refractivity contribution in [3.05, 3.63) is 34.5 Å². The molecule has 0 saturated carbocycles. The second kappa shape index (κ2) is 8.50. The van der Waals surface area contributed by atoms with Crippen LogP contribution in [0.4, 0.5) is 4.79 Å². The van der Waals surface area contributed by atoms with Gasteiger partial charge in [0.25, 0.3) is 0 Å². The predicted molar refractivity (Wildman–Crippen MR) is 81.6 cm³/mol. The molecule has 0 fully saturated rings. The molecule has 0 unspecified atom stereocenters. The summed E-state index contributed by atoms with van der Waals surface area (Å²) in [6.07, 6.45) is 0. The number of amides is 3. The minimum Gasteiger partial charge on any atom is -0.333 e. The lowest BCUT2D eigenvalue weighted by molar-refractivity contribution is -0.121. The average Bonchev–Trinajstić information content (AvgIpc) is 2.87. The number of likely N-dealkylation sites (N-methyl/N-ethyl adjacent to an activating group) is 1. The normalized spacial score (nSPS) is 10.3. The zero-order valence-corrected chi connectivity index (χ0v) is 12.8. The summed E-state index contributed by atoms with van der Waals surface area (Å²) in [6, 6.07) is 3.38. The molecule has 5 nitrogen and oxygen atoms in total. The maximum Gasteiger partial charge on any atom is 0.321 e. The number of hydrogen-bond donors (Lipinski definition) is 2. The summed E-state index contributed by atoms with van der Waals surface area (Å²) >= 11 is 1.56. The first-order valence-electron chi connectivity index (χ1n) is 6.48. The lowest BCUT2D eigenvalue weighted by Gasteiger charge is -2.19. The Kier molecular flexibility index (Phi) is 6.97. The fraction of sp³-hybridized carbons (Fsp3) is 0.429. The van der Waals surface area contributed by atoms with Crippen LogP contribution in [0.15, 0.2) is 29.7 Å². The summed E-state index contributed by atoms with van der Waals surface area (Å²) in [7, 11) is 0. The van der Waals surface area contributed by atoms with Gasteiger partial charge in [-0.1, -0.05) is 25.1 Å². The summed E-state index contributed by atoms with van der Waals surface area (Å²) in [5.74, 6) is -0.309. The number of hydrogen-bond acceptors (Lipinski definition) is 4. The highest BCUT2D eigenvalue weighted by molar-refractivity contribution is 7.09. The molecule has 0 bridgehead atoms. The number of urea groups is 1. The van der Waals surface area contributed by atoms with E-state index in [9.17, 15) is 9.59 Å². The molecule has 0 aliphatic carbocycles. The highest BCUT2D eigenvalue weighted by Crippen LogP contribution is 2.06. The van der Waals surface area contributed by atoms with Crippen molar-refractivity contribution in [3.63, 3.8) is 0 Å². The molecule has 1 aromatic heterocycles. The van der Waals surface area contributed by atoms with E-state index in [1.807, 2.05) is 36.3 Å². The van der Waals surface area contributed by atoms with E-state index < -0.39 is 6.03 Å². The summed E-state index contributed by atoms with van der Waals surface area (Å²) in [4.78, 5) is 26.3. The summed E-state index contributed by atoms with van der Waals surface area (Å²) in [5, 5.41) is 6.92. The van der Waals surface area contributed by atoms with Crippen LogP contribution in [-0.2, 0) is 11.3 Å². The molecule has 110 valence electrons. The first kappa shape index (κ1) is 16.4. The fourth-order valence-electron chi connectivity index (χ4n) is 1.66. The zero-order chi connectivity index (χ0) is 15.0. The number of imide groups is 1. The molecular weight excluding hydrogens is 274 g/mol. The molecule has 1 rings (SSSR count). The van der Waals surface area contributed by atoms with Crippen LogP contribution >= 0.6 is 11.3 Å². The number of carbonyl (C=O) groups is 2. The van der Waals surface area contributed by atoms with E-state index in [1.165, 1.54) is 0 Å². The van der Waals surface area contributed by atoms with Gasteiger partial charge in [0, 0.05) is 11.4 Å².